The number of anilines is 2. The molecule has 0 aliphatic heterocycles. The Labute approximate surface area is 85.1 Å². The van der Waals surface area contributed by atoms with Crippen molar-refractivity contribution in [3.05, 3.63) is 40.8 Å². The highest BCUT2D eigenvalue weighted by Gasteiger charge is 2.04. The first-order chi connectivity index (χ1) is 7.27. The number of hydrogen-bond donors (Lipinski definition) is 3. The van der Waals surface area contributed by atoms with Crippen molar-refractivity contribution in [3.63, 3.8) is 0 Å². The van der Waals surface area contributed by atoms with E-state index in [0.717, 1.165) is 5.76 Å². The van der Waals surface area contributed by atoms with Gasteiger partial charge in [0.15, 0.2) is 5.82 Å². The van der Waals surface area contributed by atoms with Gasteiger partial charge in [0.05, 0.1) is 19.1 Å². The zero-order valence-electron chi connectivity index (χ0n) is 7.86. The molecule has 0 radical (unpaired) electrons. The van der Waals surface area contributed by atoms with Crippen LogP contribution in [-0.4, -0.2) is 9.97 Å². The number of nitrogens with zero attached hydrogens (tertiary/aromatic N) is 1. The van der Waals surface area contributed by atoms with E-state index in [1.165, 1.54) is 6.33 Å². The first-order valence-electron chi connectivity index (χ1n) is 4.37. The predicted molar refractivity (Wildman–Crippen MR) is 55.3 cm³/mol. The highest BCUT2D eigenvalue weighted by Crippen LogP contribution is 2.09. The van der Waals surface area contributed by atoms with Gasteiger partial charge in [0.25, 0.3) is 5.56 Å². The maximum absolute atomic E-state index is 11.1. The normalized spacial score (nSPS) is 10.1. The Bertz CT molecular complexity index is 489. The molecule has 6 nitrogen and oxygen atoms in total. The Morgan fingerprint density at radius 2 is 2.47 bits per heavy atom. The van der Waals surface area contributed by atoms with Crippen LogP contribution in [0, 0.1) is 0 Å². The molecule has 0 aliphatic carbocycles. The quantitative estimate of drug-likeness (QED) is 0.681. The van der Waals surface area contributed by atoms with Gasteiger partial charge in [-0.3, -0.25) is 4.79 Å². The molecule has 0 amide bonds. The summed E-state index contributed by atoms with van der Waals surface area (Å²) in [7, 11) is 0. The van der Waals surface area contributed by atoms with E-state index in [9.17, 15) is 4.79 Å². The molecule has 0 bridgehead atoms. The van der Waals surface area contributed by atoms with E-state index in [2.05, 4.69) is 15.3 Å². The second kappa shape index (κ2) is 3.87. The van der Waals surface area contributed by atoms with Crippen LogP contribution in [0.4, 0.5) is 11.5 Å². The van der Waals surface area contributed by atoms with Gasteiger partial charge in [-0.15, -0.1) is 0 Å². The number of H-pyrrole nitrogens is 1. The van der Waals surface area contributed by atoms with Crippen LogP contribution in [0.15, 0.2) is 33.9 Å². The molecule has 2 aromatic heterocycles. The Kier molecular flexibility index (Phi) is 2.40. The summed E-state index contributed by atoms with van der Waals surface area (Å²) >= 11 is 0. The molecule has 2 heterocycles. The van der Waals surface area contributed by atoms with Gasteiger partial charge < -0.3 is 20.5 Å². The number of rotatable bonds is 3. The monoisotopic (exact) mass is 206 g/mol. The first-order valence-corrected chi connectivity index (χ1v) is 4.37. The first kappa shape index (κ1) is 9.32. The molecule has 0 fully saturated rings. The van der Waals surface area contributed by atoms with Crippen LogP contribution < -0.4 is 16.6 Å². The maximum Gasteiger partial charge on any atom is 0.276 e. The average Bonchev–Trinajstić information content (AvgIpc) is 2.73. The third kappa shape index (κ3) is 1.98. The Balaban J connectivity index is 2.12. The summed E-state index contributed by atoms with van der Waals surface area (Å²) in [6.45, 7) is 0.438. The van der Waals surface area contributed by atoms with Crippen LogP contribution in [0.3, 0.4) is 0 Å². The maximum atomic E-state index is 11.1. The zero-order chi connectivity index (χ0) is 10.7. The molecule has 78 valence electrons. The van der Waals surface area contributed by atoms with E-state index >= 15 is 0 Å². The molecule has 0 aromatic carbocycles. The van der Waals surface area contributed by atoms with Crippen LogP contribution in [0.1, 0.15) is 5.76 Å². The van der Waals surface area contributed by atoms with Crippen molar-refractivity contribution in [3.8, 4) is 0 Å². The molecular weight excluding hydrogens is 196 g/mol. The number of hydrogen-bond acceptors (Lipinski definition) is 5. The smallest absolute Gasteiger partial charge is 0.276 e. The standard InChI is InChI=1S/C9H10N4O2/c10-7-8(12-5-13-9(7)14)11-4-6-2-1-3-15-6/h1-3,5H,4,10H2,(H2,11,12,13,14). The molecule has 6 heteroatoms. The van der Waals surface area contributed by atoms with Crippen molar-refractivity contribution in [1.82, 2.24) is 9.97 Å². The lowest BCUT2D eigenvalue weighted by molar-refractivity contribution is 0.518. The summed E-state index contributed by atoms with van der Waals surface area (Å²) in [5.74, 6) is 1.10. The molecule has 2 rings (SSSR count). The van der Waals surface area contributed by atoms with Crippen LogP contribution in [0.5, 0.6) is 0 Å². The second-order valence-electron chi connectivity index (χ2n) is 2.93. The predicted octanol–water partition coefficient (Wildman–Crippen LogP) is 0.557. The molecule has 4 N–H and O–H groups in total. The average molecular weight is 206 g/mol. The van der Waals surface area contributed by atoms with Crippen molar-refractivity contribution in [1.29, 1.82) is 0 Å². The number of furan rings is 1. The molecule has 0 aliphatic rings. The molecule has 0 saturated heterocycles. The van der Waals surface area contributed by atoms with E-state index in [0.29, 0.717) is 12.4 Å². The molecule has 2 aromatic rings. The lowest BCUT2D eigenvalue weighted by atomic mass is 10.4. The van der Waals surface area contributed by atoms with E-state index in [4.69, 9.17) is 10.2 Å². The second-order valence-corrected chi connectivity index (χ2v) is 2.93. The van der Waals surface area contributed by atoms with Gasteiger partial charge in [0.2, 0.25) is 0 Å². The van der Waals surface area contributed by atoms with Crippen LogP contribution in [0.25, 0.3) is 0 Å². The summed E-state index contributed by atoms with van der Waals surface area (Å²) in [6, 6.07) is 3.60. The van der Waals surface area contributed by atoms with Crippen molar-refractivity contribution in [2.24, 2.45) is 0 Å². The fraction of sp³-hybridized carbons (Fsp3) is 0.111. The molecule has 0 atom stereocenters. The van der Waals surface area contributed by atoms with E-state index < -0.39 is 0 Å². The van der Waals surface area contributed by atoms with E-state index in [-0.39, 0.29) is 11.2 Å². The topological polar surface area (TPSA) is 96.9 Å². The molecule has 0 spiro atoms. The summed E-state index contributed by atoms with van der Waals surface area (Å²) < 4.78 is 5.11. The number of nitrogen functional groups attached to an aromatic ring is 1. The Morgan fingerprint density at radius 3 is 3.20 bits per heavy atom. The number of aromatic nitrogens is 2. The summed E-state index contributed by atoms with van der Waals surface area (Å²) in [5, 5.41) is 2.91. The van der Waals surface area contributed by atoms with Gasteiger partial charge >= 0.3 is 0 Å². The lowest BCUT2D eigenvalue weighted by Crippen LogP contribution is -2.15. The summed E-state index contributed by atoms with van der Waals surface area (Å²) in [6.07, 6.45) is 2.87. The third-order valence-electron chi connectivity index (χ3n) is 1.90. The Morgan fingerprint density at radius 1 is 1.60 bits per heavy atom. The lowest BCUT2D eigenvalue weighted by Gasteiger charge is -2.04. The van der Waals surface area contributed by atoms with Gasteiger partial charge in [-0.1, -0.05) is 0 Å². The number of aromatic amines is 1. The van der Waals surface area contributed by atoms with Crippen molar-refractivity contribution < 1.29 is 4.42 Å². The van der Waals surface area contributed by atoms with Gasteiger partial charge in [0, 0.05) is 0 Å². The minimum Gasteiger partial charge on any atom is -0.467 e. The molecule has 0 unspecified atom stereocenters. The van der Waals surface area contributed by atoms with Crippen LogP contribution in [0.2, 0.25) is 0 Å². The molecule has 0 saturated carbocycles. The summed E-state index contributed by atoms with van der Waals surface area (Å²) in [5.41, 5.74) is 5.24. The van der Waals surface area contributed by atoms with Gasteiger partial charge in [-0.25, -0.2) is 4.98 Å². The van der Waals surface area contributed by atoms with Crippen molar-refractivity contribution >= 4 is 11.5 Å². The number of nitrogens with one attached hydrogen (secondary N) is 2. The zero-order valence-corrected chi connectivity index (χ0v) is 7.86. The summed E-state index contributed by atoms with van der Waals surface area (Å²) in [4.78, 5) is 17.4. The third-order valence-corrected chi connectivity index (χ3v) is 1.90. The number of nitrogens with two attached hydrogens (primary N) is 1. The minimum absolute atomic E-state index is 0.0732. The Hall–Kier alpha value is -2.24. The van der Waals surface area contributed by atoms with E-state index in [1.807, 2.05) is 6.07 Å². The largest absolute Gasteiger partial charge is 0.467 e. The highest BCUT2D eigenvalue weighted by atomic mass is 16.3. The van der Waals surface area contributed by atoms with Crippen LogP contribution >= 0.6 is 0 Å². The SMILES string of the molecule is Nc1c(NCc2ccco2)nc[nH]c1=O. The van der Waals surface area contributed by atoms with Crippen molar-refractivity contribution in [2.45, 2.75) is 6.54 Å². The van der Waals surface area contributed by atoms with Crippen molar-refractivity contribution in [2.75, 3.05) is 11.1 Å². The highest BCUT2D eigenvalue weighted by molar-refractivity contribution is 5.58. The fourth-order valence-electron chi connectivity index (χ4n) is 1.14. The molecular formula is C9H10N4O2. The minimum atomic E-state index is -0.355. The fourth-order valence-corrected chi connectivity index (χ4v) is 1.14. The van der Waals surface area contributed by atoms with Crippen LogP contribution in [-0.2, 0) is 6.54 Å². The van der Waals surface area contributed by atoms with Gasteiger partial charge in [-0.2, -0.15) is 0 Å². The van der Waals surface area contributed by atoms with Gasteiger partial charge in [0.1, 0.15) is 11.4 Å². The van der Waals surface area contributed by atoms with E-state index in [1.54, 1.807) is 12.3 Å². The molecule has 15 heavy (non-hydrogen) atoms. The van der Waals surface area contributed by atoms with Gasteiger partial charge in [-0.05, 0) is 12.1 Å².